The van der Waals surface area contributed by atoms with E-state index in [-0.39, 0.29) is 5.01 Å². The minimum atomic E-state index is -3.33. The van der Waals surface area contributed by atoms with Crippen LogP contribution in [0.1, 0.15) is 0 Å². The first-order valence-corrected chi connectivity index (χ1v) is 3.84. The maximum absolute atomic E-state index is 10.7. The summed E-state index contributed by atoms with van der Waals surface area (Å²) in [5.41, 5.74) is 1.32. The van der Waals surface area contributed by atoms with Gasteiger partial charge < -0.3 is 21.1 Å². The van der Waals surface area contributed by atoms with Crippen LogP contribution in [-0.4, -0.2) is 50.8 Å². The van der Waals surface area contributed by atoms with Crippen molar-refractivity contribution >= 4 is 23.9 Å². The number of carboxylic acids is 3. The van der Waals surface area contributed by atoms with Gasteiger partial charge in [-0.05, 0) is 5.01 Å². The highest BCUT2D eigenvalue weighted by Gasteiger charge is 2.58. The predicted octanol–water partition coefficient (Wildman–Crippen LogP) is -1.56. The van der Waals surface area contributed by atoms with Crippen LogP contribution in [0.5, 0.6) is 0 Å². The number of carbonyl (C=O) groups excluding carboxylic acids is 1. The number of hydrogen-bond donors (Lipinski definition) is 4. The molecule has 10 heteroatoms. The fourth-order valence-corrected chi connectivity index (χ4v) is 0.865. The molecule has 0 aromatic rings. The Morgan fingerprint density at radius 1 is 1.12 bits per heavy atom. The molecule has 0 fully saturated rings. The number of primary amides is 1. The van der Waals surface area contributed by atoms with Crippen molar-refractivity contribution in [2.45, 2.75) is 0 Å². The molecule has 0 aliphatic rings. The molecule has 0 aromatic carbocycles. The molecule has 92 valence electrons. The average molecular weight is 245 g/mol. The summed E-state index contributed by atoms with van der Waals surface area (Å²) < 4.78 is 0. The molecule has 0 aromatic heterocycles. The largest absolute Gasteiger partial charge is 0.480 e. The van der Waals surface area contributed by atoms with Gasteiger partial charge in [-0.2, -0.15) is 11.5 Å². The summed E-state index contributed by atoms with van der Waals surface area (Å²) in [5, 5.41) is 25.9. The predicted molar refractivity (Wildman–Crippen MR) is 48.2 cm³/mol. The first-order chi connectivity index (χ1) is 7.70. The van der Waals surface area contributed by atoms with Crippen molar-refractivity contribution in [2.24, 2.45) is 11.1 Å². The number of amides is 2. The van der Waals surface area contributed by atoms with Gasteiger partial charge in [-0.15, -0.1) is 0 Å². The first kappa shape index (κ1) is 14.2. The van der Waals surface area contributed by atoms with Crippen molar-refractivity contribution in [3.63, 3.8) is 0 Å². The highest BCUT2D eigenvalue weighted by molar-refractivity contribution is 6.16. The third kappa shape index (κ3) is 2.40. The van der Waals surface area contributed by atoms with Crippen LogP contribution in [0.15, 0.2) is 0 Å². The zero-order valence-corrected chi connectivity index (χ0v) is 8.15. The fourth-order valence-electron chi connectivity index (χ4n) is 0.865. The molecule has 0 rings (SSSR count). The van der Waals surface area contributed by atoms with E-state index in [0.29, 0.717) is 0 Å². The van der Waals surface area contributed by atoms with Gasteiger partial charge in [0.1, 0.15) is 6.54 Å². The monoisotopic (exact) mass is 245 g/mol. The van der Waals surface area contributed by atoms with Crippen LogP contribution in [0.3, 0.4) is 0 Å². The van der Waals surface area contributed by atoms with E-state index in [0.717, 1.165) is 0 Å². The molecular weight excluding hydrogens is 238 g/mol. The summed E-state index contributed by atoms with van der Waals surface area (Å²) in [4.78, 5) is 45.3. The highest BCUT2D eigenvalue weighted by atomic mass is 16.4. The first-order valence-electron chi connectivity index (χ1n) is 3.84. The zero-order chi connectivity index (χ0) is 13.8. The lowest BCUT2D eigenvalue weighted by atomic mass is 9.88. The highest BCUT2D eigenvalue weighted by Crippen LogP contribution is 2.21. The van der Waals surface area contributed by atoms with Crippen molar-refractivity contribution in [3.05, 3.63) is 11.5 Å². The normalized spacial score (nSPS) is 10.1. The second-order valence-corrected chi connectivity index (χ2v) is 2.82. The van der Waals surface area contributed by atoms with Crippen LogP contribution in [0.4, 0.5) is 4.79 Å². The zero-order valence-electron chi connectivity index (χ0n) is 8.15. The number of nitrogens with zero attached hydrogens (tertiary/aromatic N) is 2. The molecule has 0 spiro atoms. The molecule has 10 nitrogen and oxygen atoms in total. The van der Waals surface area contributed by atoms with Crippen molar-refractivity contribution < 1.29 is 34.5 Å². The number of nitrogens with two attached hydrogens (primary N) is 1. The molecule has 0 unspecified atom stereocenters. The summed E-state index contributed by atoms with van der Waals surface area (Å²) in [6, 6.07) is -1.45. The van der Waals surface area contributed by atoms with Crippen molar-refractivity contribution in [1.82, 2.24) is 5.01 Å². The van der Waals surface area contributed by atoms with E-state index in [1.165, 1.54) is 0 Å². The maximum Gasteiger partial charge on any atom is 0.380 e. The van der Waals surface area contributed by atoms with Crippen molar-refractivity contribution in [2.75, 3.05) is 6.54 Å². The lowest BCUT2D eigenvalue weighted by molar-refractivity contribution is -0.176. The van der Waals surface area contributed by atoms with Gasteiger partial charge in [-0.25, -0.2) is 4.79 Å². The Balaban J connectivity index is 5.58. The van der Waals surface area contributed by atoms with Gasteiger partial charge in [0.25, 0.3) is 5.41 Å². The van der Waals surface area contributed by atoms with Crippen molar-refractivity contribution in [1.29, 1.82) is 0 Å². The lowest BCUT2D eigenvalue weighted by Crippen LogP contribution is -2.54. The Labute approximate surface area is 93.6 Å². The van der Waals surface area contributed by atoms with E-state index >= 15 is 0 Å². The van der Waals surface area contributed by atoms with Crippen LogP contribution in [0, 0.1) is 12.0 Å². The number of aliphatic carboxylic acids is 3. The summed E-state index contributed by atoms with van der Waals surface area (Å²) in [6.45, 7) is 5.07. The third-order valence-corrected chi connectivity index (χ3v) is 1.86. The summed E-state index contributed by atoms with van der Waals surface area (Å²) in [7, 11) is 0. The van der Waals surface area contributed by atoms with Crippen LogP contribution >= 0.6 is 0 Å². The molecule has 0 atom stereocenters. The molecule has 0 saturated heterocycles. The van der Waals surface area contributed by atoms with Crippen molar-refractivity contribution in [3.8, 4) is 0 Å². The molecule has 0 heterocycles. The minimum Gasteiger partial charge on any atom is -0.480 e. The number of hydrogen-bond acceptors (Lipinski definition) is 4. The average Bonchev–Trinajstić information content (AvgIpc) is 2.16. The molecular formula is C7H7N3O7. The number of rotatable bonds is 5. The topological polar surface area (TPSA) is 163 Å². The summed E-state index contributed by atoms with van der Waals surface area (Å²) >= 11 is 0. The Hall–Kier alpha value is -2.83. The van der Waals surface area contributed by atoms with Crippen LogP contribution in [0.25, 0.3) is 4.95 Å². The van der Waals surface area contributed by atoms with Crippen LogP contribution in [-0.2, 0) is 14.4 Å². The van der Waals surface area contributed by atoms with Gasteiger partial charge >= 0.3 is 23.9 Å². The van der Waals surface area contributed by atoms with Gasteiger partial charge in [-0.3, -0.25) is 14.4 Å². The molecule has 5 N–H and O–H groups in total. The number of urea groups is 1. The molecule has 17 heavy (non-hydrogen) atoms. The quantitative estimate of drug-likeness (QED) is 0.258. The van der Waals surface area contributed by atoms with E-state index in [4.69, 9.17) is 21.9 Å². The Bertz CT molecular complexity index is 388. The molecule has 0 radical (unpaired) electrons. The van der Waals surface area contributed by atoms with Gasteiger partial charge in [0.15, 0.2) is 0 Å². The summed E-state index contributed by atoms with van der Waals surface area (Å²) in [5.74, 6) is -6.65. The Morgan fingerprint density at radius 3 is 1.65 bits per heavy atom. The third-order valence-electron chi connectivity index (χ3n) is 1.86. The Morgan fingerprint density at radius 2 is 1.47 bits per heavy atom. The van der Waals surface area contributed by atoms with E-state index in [9.17, 15) is 19.2 Å². The molecule has 0 saturated carbocycles. The van der Waals surface area contributed by atoms with Crippen LogP contribution < -0.4 is 5.73 Å². The van der Waals surface area contributed by atoms with Gasteiger partial charge in [-0.1, -0.05) is 0 Å². The van der Waals surface area contributed by atoms with Crippen LogP contribution in [0.2, 0.25) is 0 Å². The smallest absolute Gasteiger partial charge is 0.380 e. The Kier molecular flexibility index (Phi) is 4.00. The van der Waals surface area contributed by atoms with E-state index in [1.807, 2.05) is 0 Å². The second-order valence-electron chi connectivity index (χ2n) is 2.82. The molecule has 2 amide bonds. The molecule has 0 aliphatic heterocycles. The number of carbonyl (C=O) groups is 4. The lowest BCUT2D eigenvalue weighted by Gasteiger charge is -2.20. The summed E-state index contributed by atoms with van der Waals surface area (Å²) in [6.07, 6.45) is 0. The maximum atomic E-state index is 10.7. The van der Waals surface area contributed by atoms with E-state index < -0.39 is 35.9 Å². The van der Waals surface area contributed by atoms with Gasteiger partial charge in [0.05, 0.1) is 0 Å². The van der Waals surface area contributed by atoms with E-state index in [2.05, 4.69) is 10.7 Å². The number of carboxylic acid groups (broad SMARTS) is 3. The standard InChI is InChI=1S/C7H7N3O7/c1-9-10(6(8)17)2-7(3(11)12,4(13)14)5(15)16/h2H2,(H2,8,17)(H,11,12)(H,13,14)(H,15,16). The van der Waals surface area contributed by atoms with E-state index in [1.54, 1.807) is 0 Å². The second kappa shape index (κ2) is 4.79. The van der Waals surface area contributed by atoms with Gasteiger partial charge in [0, 0.05) is 0 Å². The van der Waals surface area contributed by atoms with Gasteiger partial charge in [0.2, 0.25) is 0 Å². The minimum absolute atomic E-state index is 0.0869. The molecule has 0 bridgehead atoms. The fraction of sp³-hybridized carbons (Fsp3) is 0.286. The SMILES string of the molecule is [C-]#[N+]N(CC(C(=O)O)(C(=O)O)C(=O)O)C(N)=O. The molecule has 0 aliphatic carbocycles.